The summed E-state index contributed by atoms with van der Waals surface area (Å²) in [7, 11) is 0. The fourth-order valence-corrected chi connectivity index (χ4v) is 2.18. The summed E-state index contributed by atoms with van der Waals surface area (Å²) in [5, 5.41) is 0.589. The van der Waals surface area contributed by atoms with Crippen molar-refractivity contribution in [1.29, 1.82) is 0 Å². The van der Waals surface area contributed by atoms with E-state index >= 15 is 0 Å². The molecule has 1 aliphatic heterocycles. The van der Waals surface area contributed by atoms with Crippen LogP contribution in [0.25, 0.3) is 0 Å². The maximum Gasteiger partial charge on any atom is 0.234 e. The van der Waals surface area contributed by atoms with E-state index in [0.29, 0.717) is 23.6 Å². The third kappa shape index (κ3) is 2.50. The molecule has 1 fully saturated rings. The molecule has 3 nitrogen and oxygen atoms in total. The lowest BCUT2D eigenvalue weighted by Gasteiger charge is -2.34. The third-order valence-electron chi connectivity index (χ3n) is 2.84. The van der Waals surface area contributed by atoms with E-state index in [1.165, 1.54) is 4.90 Å². The first-order valence-corrected chi connectivity index (χ1v) is 5.88. The second kappa shape index (κ2) is 4.15. The van der Waals surface area contributed by atoms with Crippen molar-refractivity contribution in [2.24, 2.45) is 5.41 Å². The quantitative estimate of drug-likeness (QED) is 0.720. The zero-order chi connectivity index (χ0) is 12.6. The third-order valence-corrected chi connectivity index (χ3v) is 3.10. The van der Waals surface area contributed by atoms with Gasteiger partial charge in [-0.05, 0) is 29.7 Å². The van der Waals surface area contributed by atoms with Crippen LogP contribution < -0.4 is 4.90 Å². The van der Waals surface area contributed by atoms with Gasteiger partial charge in [-0.3, -0.25) is 14.5 Å². The molecule has 0 radical (unpaired) electrons. The van der Waals surface area contributed by atoms with Gasteiger partial charge < -0.3 is 0 Å². The van der Waals surface area contributed by atoms with Gasteiger partial charge in [0.1, 0.15) is 0 Å². The van der Waals surface area contributed by atoms with E-state index in [9.17, 15) is 9.59 Å². The number of nitrogens with zero attached hydrogens (tertiary/aromatic N) is 1. The van der Waals surface area contributed by atoms with Crippen molar-refractivity contribution >= 4 is 29.1 Å². The van der Waals surface area contributed by atoms with Crippen LogP contribution in [0.5, 0.6) is 0 Å². The Labute approximate surface area is 105 Å². The summed E-state index contributed by atoms with van der Waals surface area (Å²) < 4.78 is 0. The zero-order valence-electron chi connectivity index (χ0n) is 9.87. The van der Waals surface area contributed by atoms with Gasteiger partial charge >= 0.3 is 0 Å². The molecule has 0 aliphatic carbocycles. The molecule has 2 amide bonds. The second-order valence-corrected chi connectivity index (χ2v) is 5.55. The molecule has 1 heterocycles. The van der Waals surface area contributed by atoms with Crippen LogP contribution in [-0.2, 0) is 9.59 Å². The summed E-state index contributed by atoms with van der Waals surface area (Å²) in [4.78, 5) is 25.2. The van der Waals surface area contributed by atoms with Crippen LogP contribution in [0.3, 0.4) is 0 Å². The van der Waals surface area contributed by atoms with Crippen LogP contribution in [0.2, 0.25) is 5.02 Å². The molecular formula is C13H14ClNO2. The predicted octanol–water partition coefficient (Wildman–Crippen LogP) is 3.02. The van der Waals surface area contributed by atoms with Gasteiger partial charge in [0.15, 0.2) is 0 Å². The van der Waals surface area contributed by atoms with Crippen LogP contribution in [0, 0.1) is 5.41 Å². The molecule has 0 N–H and O–H groups in total. The minimum absolute atomic E-state index is 0.145. The molecule has 90 valence electrons. The van der Waals surface area contributed by atoms with E-state index in [0.717, 1.165) is 0 Å². The Kier molecular flexibility index (Phi) is 2.96. The molecule has 1 aliphatic rings. The summed E-state index contributed by atoms with van der Waals surface area (Å²) in [5.74, 6) is -0.290. The Balaban J connectivity index is 2.30. The smallest absolute Gasteiger partial charge is 0.234 e. The number of carbonyl (C=O) groups excluding carboxylic acids is 2. The molecule has 17 heavy (non-hydrogen) atoms. The SMILES string of the molecule is CC1(C)CC(=O)N(c2ccc(Cl)cc2)C(=O)C1. The minimum Gasteiger partial charge on any atom is -0.274 e. The monoisotopic (exact) mass is 251 g/mol. The molecule has 4 heteroatoms. The first-order valence-electron chi connectivity index (χ1n) is 5.50. The maximum atomic E-state index is 12.0. The largest absolute Gasteiger partial charge is 0.274 e. The lowest BCUT2D eigenvalue weighted by atomic mass is 9.81. The van der Waals surface area contributed by atoms with Gasteiger partial charge in [-0.25, -0.2) is 0 Å². The first-order chi connectivity index (χ1) is 7.89. The summed E-state index contributed by atoms with van der Waals surface area (Å²) in [6.07, 6.45) is 0.780. The van der Waals surface area contributed by atoms with E-state index in [4.69, 9.17) is 11.6 Å². The number of hydrogen-bond acceptors (Lipinski definition) is 2. The molecule has 0 bridgehead atoms. The summed E-state index contributed by atoms with van der Waals surface area (Å²) in [5.41, 5.74) is 0.358. The zero-order valence-corrected chi connectivity index (χ0v) is 10.6. The molecule has 0 spiro atoms. The first kappa shape index (κ1) is 12.1. The molecule has 1 aromatic carbocycles. The number of imide groups is 1. The van der Waals surface area contributed by atoms with Crippen molar-refractivity contribution in [3.05, 3.63) is 29.3 Å². The van der Waals surface area contributed by atoms with Gasteiger partial charge in [0.25, 0.3) is 0 Å². The molecule has 1 aromatic rings. The number of anilines is 1. The average Bonchev–Trinajstić information content (AvgIpc) is 2.18. The molecular weight excluding hydrogens is 238 g/mol. The normalized spacial score (nSPS) is 19.6. The summed E-state index contributed by atoms with van der Waals surface area (Å²) in [6.45, 7) is 3.87. The Morgan fingerprint density at radius 2 is 1.53 bits per heavy atom. The number of benzene rings is 1. The van der Waals surface area contributed by atoms with Gasteiger partial charge in [0.2, 0.25) is 11.8 Å². The van der Waals surface area contributed by atoms with Crippen molar-refractivity contribution in [3.8, 4) is 0 Å². The summed E-state index contributed by atoms with van der Waals surface area (Å²) >= 11 is 5.78. The van der Waals surface area contributed by atoms with Gasteiger partial charge in [0, 0.05) is 17.9 Å². The van der Waals surface area contributed by atoms with E-state index in [-0.39, 0.29) is 17.2 Å². The van der Waals surface area contributed by atoms with E-state index in [1.807, 2.05) is 13.8 Å². The molecule has 0 saturated carbocycles. The van der Waals surface area contributed by atoms with Crippen LogP contribution in [0.1, 0.15) is 26.7 Å². The number of rotatable bonds is 1. The molecule has 1 saturated heterocycles. The fraction of sp³-hybridized carbons (Fsp3) is 0.385. The Hall–Kier alpha value is -1.35. The lowest BCUT2D eigenvalue weighted by molar-refractivity contribution is -0.132. The van der Waals surface area contributed by atoms with Crippen molar-refractivity contribution in [2.45, 2.75) is 26.7 Å². The standard InChI is InChI=1S/C13H14ClNO2/c1-13(2)7-11(16)15(12(17)8-13)10-5-3-9(14)4-6-10/h3-6H,7-8H2,1-2H3. The van der Waals surface area contributed by atoms with Gasteiger partial charge in [-0.15, -0.1) is 0 Å². The lowest BCUT2D eigenvalue weighted by Crippen LogP contribution is -2.46. The summed E-state index contributed by atoms with van der Waals surface area (Å²) in [6, 6.07) is 6.74. The molecule has 0 aromatic heterocycles. The Bertz CT molecular complexity index is 445. The van der Waals surface area contributed by atoms with E-state index < -0.39 is 0 Å². The average molecular weight is 252 g/mol. The Morgan fingerprint density at radius 3 is 2.00 bits per heavy atom. The molecule has 0 unspecified atom stereocenters. The number of halogens is 1. The Morgan fingerprint density at radius 1 is 1.06 bits per heavy atom. The van der Waals surface area contributed by atoms with Crippen LogP contribution >= 0.6 is 11.6 Å². The fourth-order valence-electron chi connectivity index (χ4n) is 2.06. The highest BCUT2D eigenvalue weighted by Gasteiger charge is 2.37. The number of hydrogen-bond donors (Lipinski definition) is 0. The van der Waals surface area contributed by atoms with Crippen LogP contribution in [0.15, 0.2) is 24.3 Å². The van der Waals surface area contributed by atoms with Gasteiger partial charge in [-0.1, -0.05) is 25.4 Å². The van der Waals surface area contributed by atoms with Crippen molar-refractivity contribution < 1.29 is 9.59 Å². The molecule has 2 rings (SSSR count). The van der Waals surface area contributed by atoms with Crippen molar-refractivity contribution in [1.82, 2.24) is 0 Å². The maximum absolute atomic E-state index is 12.0. The predicted molar refractivity (Wildman–Crippen MR) is 67.0 cm³/mol. The second-order valence-electron chi connectivity index (χ2n) is 5.12. The number of amides is 2. The number of piperidine rings is 1. The van der Waals surface area contributed by atoms with Crippen LogP contribution in [-0.4, -0.2) is 11.8 Å². The van der Waals surface area contributed by atoms with Gasteiger partial charge in [0.05, 0.1) is 5.69 Å². The van der Waals surface area contributed by atoms with Gasteiger partial charge in [-0.2, -0.15) is 0 Å². The van der Waals surface area contributed by atoms with E-state index in [1.54, 1.807) is 24.3 Å². The van der Waals surface area contributed by atoms with Crippen molar-refractivity contribution in [3.63, 3.8) is 0 Å². The number of carbonyl (C=O) groups is 2. The van der Waals surface area contributed by atoms with E-state index in [2.05, 4.69) is 0 Å². The van der Waals surface area contributed by atoms with Crippen molar-refractivity contribution in [2.75, 3.05) is 4.90 Å². The highest BCUT2D eigenvalue weighted by molar-refractivity contribution is 6.30. The minimum atomic E-state index is -0.239. The van der Waals surface area contributed by atoms with Crippen LogP contribution in [0.4, 0.5) is 5.69 Å². The topological polar surface area (TPSA) is 37.4 Å². The molecule has 0 atom stereocenters. The highest BCUT2D eigenvalue weighted by Crippen LogP contribution is 2.34. The highest BCUT2D eigenvalue weighted by atomic mass is 35.5.